The minimum Gasteiger partial charge on any atom is -0.481 e. The molecule has 2 fully saturated rings. The Kier molecular flexibility index (Phi) is 3.73. The molecule has 4 heteroatoms. The van der Waals surface area contributed by atoms with Gasteiger partial charge in [-0.1, -0.05) is 6.92 Å². The Hall–Kier alpha value is -0.610. The van der Waals surface area contributed by atoms with Crippen molar-refractivity contribution in [3.05, 3.63) is 0 Å². The number of carboxylic acids is 1. The van der Waals surface area contributed by atoms with Crippen molar-refractivity contribution in [2.75, 3.05) is 19.6 Å². The molecule has 0 amide bonds. The third-order valence-electron chi connectivity index (χ3n) is 4.62. The van der Waals surface area contributed by atoms with E-state index in [-0.39, 0.29) is 12.0 Å². The molecule has 2 rings (SSSR count). The predicted molar refractivity (Wildman–Crippen MR) is 67.0 cm³/mol. The summed E-state index contributed by atoms with van der Waals surface area (Å²) in [5.74, 6) is -0.969. The van der Waals surface area contributed by atoms with Crippen molar-refractivity contribution in [1.29, 1.82) is 0 Å². The second kappa shape index (κ2) is 4.94. The van der Waals surface area contributed by atoms with Crippen LogP contribution in [0.15, 0.2) is 0 Å². The first kappa shape index (κ1) is 12.8. The van der Waals surface area contributed by atoms with E-state index in [1.54, 1.807) is 0 Å². The molecule has 4 nitrogen and oxygen atoms in total. The Morgan fingerprint density at radius 3 is 2.71 bits per heavy atom. The number of carboxylic acid groups (broad SMARTS) is 1. The first-order valence-electron chi connectivity index (χ1n) is 6.73. The Morgan fingerprint density at radius 2 is 2.06 bits per heavy atom. The molecule has 0 saturated carbocycles. The van der Waals surface area contributed by atoms with Crippen LogP contribution in [0.25, 0.3) is 0 Å². The highest BCUT2D eigenvalue weighted by Gasteiger charge is 2.38. The van der Waals surface area contributed by atoms with Crippen LogP contribution in [-0.2, 0) is 4.79 Å². The molecule has 0 bridgehead atoms. The van der Waals surface area contributed by atoms with Crippen LogP contribution >= 0.6 is 0 Å². The van der Waals surface area contributed by atoms with Crippen LogP contribution in [0.5, 0.6) is 0 Å². The van der Waals surface area contributed by atoms with Gasteiger partial charge in [-0.3, -0.25) is 14.6 Å². The molecule has 4 atom stereocenters. The highest BCUT2D eigenvalue weighted by molar-refractivity contribution is 5.70. The van der Waals surface area contributed by atoms with Crippen LogP contribution in [0.2, 0.25) is 0 Å². The lowest BCUT2D eigenvalue weighted by atomic mass is 9.97. The molecule has 2 aliphatic heterocycles. The topological polar surface area (TPSA) is 43.8 Å². The van der Waals surface area contributed by atoms with E-state index >= 15 is 0 Å². The van der Waals surface area contributed by atoms with E-state index < -0.39 is 5.97 Å². The summed E-state index contributed by atoms with van der Waals surface area (Å²) >= 11 is 0. The molecule has 0 aromatic carbocycles. The van der Waals surface area contributed by atoms with Crippen LogP contribution < -0.4 is 0 Å². The summed E-state index contributed by atoms with van der Waals surface area (Å²) in [6.45, 7) is 9.47. The largest absolute Gasteiger partial charge is 0.481 e. The number of fused-ring (bicyclic) bond motifs is 1. The van der Waals surface area contributed by atoms with Gasteiger partial charge in [-0.05, 0) is 33.2 Å². The van der Waals surface area contributed by atoms with E-state index in [2.05, 4.69) is 23.6 Å². The zero-order chi connectivity index (χ0) is 12.6. The minimum atomic E-state index is -0.682. The lowest BCUT2D eigenvalue weighted by Gasteiger charge is -2.46. The molecular weight excluding hydrogens is 216 g/mol. The van der Waals surface area contributed by atoms with Gasteiger partial charge < -0.3 is 5.11 Å². The van der Waals surface area contributed by atoms with Gasteiger partial charge in [-0.25, -0.2) is 0 Å². The van der Waals surface area contributed by atoms with Crippen molar-refractivity contribution in [2.24, 2.45) is 5.92 Å². The third-order valence-corrected chi connectivity index (χ3v) is 4.62. The van der Waals surface area contributed by atoms with Gasteiger partial charge in [0.15, 0.2) is 0 Å². The zero-order valence-electron chi connectivity index (χ0n) is 11.1. The number of hydrogen-bond donors (Lipinski definition) is 1. The van der Waals surface area contributed by atoms with Crippen molar-refractivity contribution in [1.82, 2.24) is 9.80 Å². The van der Waals surface area contributed by atoms with Crippen LogP contribution in [0.1, 0.15) is 33.6 Å². The average Bonchev–Trinajstić information content (AvgIpc) is 2.72. The third kappa shape index (κ3) is 2.47. The molecule has 98 valence electrons. The number of carbonyl (C=O) groups is 1. The van der Waals surface area contributed by atoms with Gasteiger partial charge >= 0.3 is 5.97 Å². The van der Waals surface area contributed by atoms with Gasteiger partial charge in [0.1, 0.15) is 0 Å². The van der Waals surface area contributed by atoms with Gasteiger partial charge in [0.05, 0.1) is 5.92 Å². The van der Waals surface area contributed by atoms with Crippen molar-refractivity contribution in [2.45, 2.75) is 51.7 Å². The Morgan fingerprint density at radius 1 is 1.35 bits per heavy atom. The fourth-order valence-corrected chi connectivity index (χ4v) is 3.27. The fourth-order valence-electron chi connectivity index (χ4n) is 3.27. The Labute approximate surface area is 104 Å². The Balaban J connectivity index is 2.02. The summed E-state index contributed by atoms with van der Waals surface area (Å²) in [7, 11) is 0. The van der Waals surface area contributed by atoms with Gasteiger partial charge in [0, 0.05) is 31.2 Å². The highest BCUT2D eigenvalue weighted by Crippen LogP contribution is 2.27. The summed E-state index contributed by atoms with van der Waals surface area (Å²) in [4.78, 5) is 16.0. The van der Waals surface area contributed by atoms with Crippen LogP contribution in [-0.4, -0.2) is 58.6 Å². The molecule has 2 heterocycles. The smallest absolute Gasteiger partial charge is 0.307 e. The van der Waals surface area contributed by atoms with E-state index in [1.165, 1.54) is 19.4 Å². The summed E-state index contributed by atoms with van der Waals surface area (Å²) in [5, 5.41) is 9.12. The van der Waals surface area contributed by atoms with Crippen molar-refractivity contribution < 1.29 is 9.90 Å². The van der Waals surface area contributed by atoms with E-state index in [1.807, 2.05) is 6.92 Å². The molecule has 2 aliphatic rings. The van der Waals surface area contributed by atoms with Crippen LogP contribution in [0, 0.1) is 5.92 Å². The maximum Gasteiger partial charge on any atom is 0.307 e. The van der Waals surface area contributed by atoms with Gasteiger partial charge in [-0.15, -0.1) is 0 Å². The monoisotopic (exact) mass is 240 g/mol. The van der Waals surface area contributed by atoms with E-state index in [9.17, 15) is 4.79 Å². The summed E-state index contributed by atoms with van der Waals surface area (Å²) in [6, 6.07) is 1.26. The normalized spacial score (nSPS) is 34.3. The quantitative estimate of drug-likeness (QED) is 0.806. The number of piperazine rings is 1. The molecule has 0 aromatic rings. The van der Waals surface area contributed by atoms with E-state index in [0.29, 0.717) is 12.1 Å². The zero-order valence-corrected chi connectivity index (χ0v) is 11.1. The molecule has 2 saturated heterocycles. The number of rotatable bonds is 3. The van der Waals surface area contributed by atoms with Crippen molar-refractivity contribution >= 4 is 5.97 Å². The summed E-state index contributed by atoms with van der Waals surface area (Å²) < 4.78 is 0. The molecule has 4 unspecified atom stereocenters. The van der Waals surface area contributed by atoms with Gasteiger partial charge in [0.25, 0.3) is 0 Å². The lowest BCUT2D eigenvalue weighted by molar-refractivity contribution is -0.144. The van der Waals surface area contributed by atoms with Gasteiger partial charge in [-0.2, -0.15) is 0 Å². The standard InChI is InChI=1S/C13H24N2O2/c1-9-7-14-6-4-5-12(14)8-15(9)11(3)10(2)13(16)17/h9-12H,4-8H2,1-3H3,(H,16,17). The van der Waals surface area contributed by atoms with E-state index in [4.69, 9.17) is 5.11 Å². The molecule has 17 heavy (non-hydrogen) atoms. The van der Waals surface area contributed by atoms with Crippen molar-refractivity contribution in [3.63, 3.8) is 0 Å². The highest BCUT2D eigenvalue weighted by atomic mass is 16.4. The lowest BCUT2D eigenvalue weighted by Crippen LogP contribution is -2.59. The number of nitrogens with zero attached hydrogens (tertiary/aromatic N) is 2. The second-order valence-electron chi connectivity index (χ2n) is 5.70. The molecule has 0 radical (unpaired) electrons. The van der Waals surface area contributed by atoms with Crippen LogP contribution in [0.3, 0.4) is 0 Å². The first-order chi connectivity index (χ1) is 8.00. The summed E-state index contributed by atoms with van der Waals surface area (Å²) in [5.41, 5.74) is 0. The SMILES string of the molecule is CC(C(=O)O)C(C)N1CC2CCCN2CC1C. The summed E-state index contributed by atoms with van der Waals surface area (Å²) in [6.07, 6.45) is 2.57. The first-order valence-corrected chi connectivity index (χ1v) is 6.73. The number of hydrogen-bond acceptors (Lipinski definition) is 3. The molecule has 0 spiro atoms. The fraction of sp³-hybridized carbons (Fsp3) is 0.923. The van der Waals surface area contributed by atoms with Crippen LogP contribution in [0.4, 0.5) is 0 Å². The maximum absolute atomic E-state index is 11.1. The maximum atomic E-state index is 11.1. The molecule has 0 aliphatic carbocycles. The molecule has 0 aromatic heterocycles. The molecular formula is C13H24N2O2. The second-order valence-corrected chi connectivity index (χ2v) is 5.70. The minimum absolute atomic E-state index is 0.130. The van der Waals surface area contributed by atoms with Crippen molar-refractivity contribution in [3.8, 4) is 0 Å². The van der Waals surface area contributed by atoms with E-state index in [0.717, 1.165) is 13.1 Å². The average molecular weight is 240 g/mol. The predicted octanol–water partition coefficient (Wildman–Crippen LogP) is 1.26. The Bertz CT molecular complexity index is 295. The van der Waals surface area contributed by atoms with Gasteiger partial charge in [0.2, 0.25) is 0 Å². The number of aliphatic carboxylic acids is 1. The molecule has 1 N–H and O–H groups in total.